The van der Waals surface area contributed by atoms with Crippen molar-refractivity contribution in [2.45, 2.75) is 23.6 Å². The molecule has 2 aromatic rings. The number of thioether (sulfide) groups is 1. The number of benzene rings is 1. The summed E-state index contributed by atoms with van der Waals surface area (Å²) in [5.41, 5.74) is 1.33. The van der Waals surface area contributed by atoms with E-state index < -0.39 is 0 Å². The second-order valence-electron chi connectivity index (χ2n) is 3.80. The van der Waals surface area contributed by atoms with Gasteiger partial charge in [0.05, 0.1) is 5.75 Å². The molecule has 0 amide bonds. The fourth-order valence-corrected chi connectivity index (χ4v) is 3.12. The van der Waals surface area contributed by atoms with Gasteiger partial charge in [0.2, 0.25) is 0 Å². The van der Waals surface area contributed by atoms with E-state index in [0.29, 0.717) is 6.04 Å². The molecular formula is C13H16N2S2. The Morgan fingerprint density at radius 2 is 2.35 bits per heavy atom. The molecule has 0 aliphatic rings. The van der Waals surface area contributed by atoms with Crippen LogP contribution in [-0.4, -0.2) is 12.0 Å². The van der Waals surface area contributed by atoms with Crippen molar-refractivity contribution >= 4 is 23.1 Å². The minimum absolute atomic E-state index is 0.399. The molecule has 1 heterocycles. The Morgan fingerprint density at radius 3 is 3.06 bits per heavy atom. The third-order valence-corrected chi connectivity index (χ3v) is 4.60. The Balaban J connectivity index is 2.01. The number of rotatable bonds is 5. The van der Waals surface area contributed by atoms with Crippen LogP contribution >= 0.6 is 23.1 Å². The number of hydrogen-bond donors (Lipinski definition) is 1. The van der Waals surface area contributed by atoms with Crippen molar-refractivity contribution in [3.05, 3.63) is 46.4 Å². The van der Waals surface area contributed by atoms with Crippen LogP contribution in [0.2, 0.25) is 0 Å². The van der Waals surface area contributed by atoms with Crippen LogP contribution in [0.1, 0.15) is 23.5 Å². The van der Waals surface area contributed by atoms with Gasteiger partial charge < -0.3 is 5.32 Å². The quantitative estimate of drug-likeness (QED) is 0.833. The summed E-state index contributed by atoms with van der Waals surface area (Å²) in [6.45, 7) is 2.17. The maximum absolute atomic E-state index is 4.29. The van der Waals surface area contributed by atoms with Crippen LogP contribution in [0, 0.1) is 0 Å². The summed E-state index contributed by atoms with van der Waals surface area (Å²) in [5, 5.41) is 6.46. The lowest BCUT2D eigenvalue weighted by Gasteiger charge is -2.11. The lowest BCUT2D eigenvalue weighted by molar-refractivity contribution is 0.651. The van der Waals surface area contributed by atoms with E-state index in [2.05, 4.69) is 41.5 Å². The van der Waals surface area contributed by atoms with Gasteiger partial charge >= 0.3 is 0 Å². The zero-order chi connectivity index (χ0) is 12.1. The highest BCUT2D eigenvalue weighted by Gasteiger charge is 2.04. The van der Waals surface area contributed by atoms with E-state index >= 15 is 0 Å². The van der Waals surface area contributed by atoms with Gasteiger partial charge in [-0.15, -0.1) is 23.1 Å². The van der Waals surface area contributed by atoms with Crippen molar-refractivity contribution in [1.82, 2.24) is 10.3 Å². The van der Waals surface area contributed by atoms with Crippen molar-refractivity contribution in [2.75, 3.05) is 7.05 Å². The van der Waals surface area contributed by atoms with Gasteiger partial charge in [-0.1, -0.05) is 12.1 Å². The molecule has 2 rings (SSSR count). The summed E-state index contributed by atoms with van der Waals surface area (Å²) in [6, 6.07) is 9.08. The summed E-state index contributed by atoms with van der Waals surface area (Å²) < 4.78 is 0. The number of hydrogen-bond acceptors (Lipinski definition) is 4. The molecule has 0 spiro atoms. The average Bonchev–Trinajstić information content (AvgIpc) is 2.89. The molecule has 1 aromatic heterocycles. The molecule has 0 saturated heterocycles. The molecule has 0 aliphatic heterocycles. The molecule has 4 heteroatoms. The SMILES string of the molecule is CNC(C)c1cccc(SCc2nccs2)c1. The Kier molecular flexibility index (Phi) is 4.59. The maximum atomic E-state index is 4.29. The van der Waals surface area contributed by atoms with E-state index in [9.17, 15) is 0 Å². The van der Waals surface area contributed by atoms with Crippen LogP contribution < -0.4 is 5.32 Å². The van der Waals surface area contributed by atoms with E-state index in [4.69, 9.17) is 0 Å². The highest BCUT2D eigenvalue weighted by molar-refractivity contribution is 7.98. The first kappa shape index (κ1) is 12.6. The minimum atomic E-state index is 0.399. The molecule has 1 unspecified atom stereocenters. The van der Waals surface area contributed by atoms with Crippen molar-refractivity contribution < 1.29 is 0 Å². The van der Waals surface area contributed by atoms with Crippen molar-refractivity contribution in [3.8, 4) is 0 Å². The summed E-state index contributed by atoms with van der Waals surface area (Å²) in [6.07, 6.45) is 1.86. The van der Waals surface area contributed by atoms with E-state index in [-0.39, 0.29) is 0 Å². The molecule has 0 saturated carbocycles. The van der Waals surface area contributed by atoms with Crippen LogP contribution in [0.15, 0.2) is 40.7 Å². The molecule has 0 bridgehead atoms. The van der Waals surface area contributed by atoms with Crippen LogP contribution in [-0.2, 0) is 5.75 Å². The molecule has 0 fully saturated rings. The third-order valence-electron chi connectivity index (χ3n) is 2.64. The Labute approximate surface area is 110 Å². The summed E-state index contributed by atoms with van der Waals surface area (Å²) >= 11 is 3.55. The first-order valence-electron chi connectivity index (χ1n) is 5.58. The van der Waals surface area contributed by atoms with E-state index in [1.165, 1.54) is 15.5 Å². The van der Waals surface area contributed by atoms with Crippen molar-refractivity contribution in [3.63, 3.8) is 0 Å². The van der Waals surface area contributed by atoms with Crippen molar-refractivity contribution in [2.24, 2.45) is 0 Å². The summed E-state index contributed by atoms with van der Waals surface area (Å²) in [4.78, 5) is 5.60. The fourth-order valence-electron chi connectivity index (χ4n) is 1.51. The maximum Gasteiger partial charge on any atom is 0.103 e. The van der Waals surface area contributed by atoms with Crippen LogP contribution in [0.4, 0.5) is 0 Å². The smallest absolute Gasteiger partial charge is 0.103 e. The van der Waals surface area contributed by atoms with Gasteiger partial charge in [-0.3, -0.25) is 0 Å². The van der Waals surface area contributed by atoms with Gasteiger partial charge in [0.1, 0.15) is 5.01 Å². The highest BCUT2D eigenvalue weighted by atomic mass is 32.2. The molecule has 17 heavy (non-hydrogen) atoms. The molecule has 1 atom stereocenters. The first-order valence-corrected chi connectivity index (χ1v) is 7.44. The number of aromatic nitrogens is 1. The van der Waals surface area contributed by atoms with Crippen LogP contribution in [0.25, 0.3) is 0 Å². The second kappa shape index (κ2) is 6.19. The van der Waals surface area contributed by atoms with Gasteiger partial charge in [-0.2, -0.15) is 0 Å². The predicted molar refractivity (Wildman–Crippen MR) is 75.6 cm³/mol. The lowest BCUT2D eigenvalue weighted by Crippen LogP contribution is -2.11. The molecular weight excluding hydrogens is 248 g/mol. The van der Waals surface area contributed by atoms with Crippen LogP contribution in [0.5, 0.6) is 0 Å². The Hall–Kier alpha value is -0.840. The van der Waals surface area contributed by atoms with Gasteiger partial charge in [-0.05, 0) is 31.7 Å². The third kappa shape index (κ3) is 3.56. The topological polar surface area (TPSA) is 24.9 Å². The van der Waals surface area contributed by atoms with Gasteiger partial charge in [0, 0.05) is 22.5 Å². The predicted octanol–water partition coefficient (Wildman–Crippen LogP) is 3.72. The normalized spacial score (nSPS) is 12.6. The van der Waals surface area contributed by atoms with Gasteiger partial charge in [0.25, 0.3) is 0 Å². The monoisotopic (exact) mass is 264 g/mol. The van der Waals surface area contributed by atoms with Crippen LogP contribution in [0.3, 0.4) is 0 Å². The molecule has 1 aromatic carbocycles. The van der Waals surface area contributed by atoms with Gasteiger partial charge in [-0.25, -0.2) is 4.98 Å². The summed E-state index contributed by atoms with van der Waals surface area (Å²) in [7, 11) is 1.99. The first-order chi connectivity index (χ1) is 8.29. The standard InChI is InChI=1S/C13H16N2S2/c1-10(14-2)11-4-3-5-12(8-11)17-9-13-15-6-7-16-13/h3-8,10,14H,9H2,1-2H3. The molecule has 90 valence electrons. The van der Waals surface area contributed by atoms with Gasteiger partial charge in [0.15, 0.2) is 0 Å². The fraction of sp³-hybridized carbons (Fsp3) is 0.308. The Bertz CT molecular complexity index is 454. The second-order valence-corrected chi connectivity index (χ2v) is 5.83. The zero-order valence-electron chi connectivity index (χ0n) is 10.0. The lowest BCUT2D eigenvalue weighted by atomic mass is 10.1. The molecule has 1 N–H and O–H groups in total. The molecule has 0 radical (unpaired) electrons. The van der Waals surface area contributed by atoms with E-state index in [1.54, 1.807) is 11.3 Å². The zero-order valence-corrected chi connectivity index (χ0v) is 11.6. The van der Waals surface area contributed by atoms with E-state index in [0.717, 1.165) is 5.75 Å². The molecule has 0 aliphatic carbocycles. The number of nitrogens with one attached hydrogen (secondary N) is 1. The van der Waals surface area contributed by atoms with Crippen molar-refractivity contribution in [1.29, 1.82) is 0 Å². The Morgan fingerprint density at radius 1 is 1.47 bits per heavy atom. The van der Waals surface area contributed by atoms with E-state index in [1.807, 2.05) is 30.4 Å². The average molecular weight is 264 g/mol. The largest absolute Gasteiger partial charge is 0.313 e. The number of thiazole rings is 1. The molecule has 2 nitrogen and oxygen atoms in total. The minimum Gasteiger partial charge on any atom is -0.313 e. The summed E-state index contributed by atoms with van der Waals surface area (Å²) in [5.74, 6) is 0.953. The highest BCUT2D eigenvalue weighted by Crippen LogP contribution is 2.26. The number of nitrogens with zero attached hydrogens (tertiary/aromatic N) is 1.